The summed E-state index contributed by atoms with van der Waals surface area (Å²) >= 11 is 1.48. The molecule has 72 valence electrons. The lowest BCUT2D eigenvalue weighted by Gasteiger charge is -2.13. The Hall–Kier alpha value is -0.710. The summed E-state index contributed by atoms with van der Waals surface area (Å²) in [5.41, 5.74) is 5.85. The number of hydrogen-bond donors (Lipinski definition) is 3. The Morgan fingerprint density at radius 1 is 1.54 bits per heavy atom. The molecule has 1 atom stereocenters. The number of aromatic hydroxyl groups is 1. The average Bonchev–Trinajstić information content (AvgIpc) is 2.16. The second-order valence-electron chi connectivity index (χ2n) is 2.64. The molecule has 1 rings (SSSR count). The van der Waals surface area contributed by atoms with Gasteiger partial charge in [-0.25, -0.2) is 0 Å². The zero-order valence-electron chi connectivity index (χ0n) is 7.40. The van der Waals surface area contributed by atoms with Crippen LogP contribution in [0.15, 0.2) is 23.1 Å². The normalized spacial score (nSPS) is 12.8. The molecule has 4 N–H and O–H groups in total. The fourth-order valence-corrected chi connectivity index (χ4v) is 1.84. The topological polar surface area (TPSA) is 66.5 Å². The van der Waals surface area contributed by atoms with E-state index >= 15 is 0 Å². The number of rotatable bonds is 3. The van der Waals surface area contributed by atoms with Crippen LogP contribution in [0.25, 0.3) is 0 Å². The first-order valence-corrected chi connectivity index (χ1v) is 5.17. The number of aliphatic hydroxyl groups is 1. The molecule has 3 nitrogen and oxygen atoms in total. The predicted octanol–water partition coefficient (Wildman–Crippen LogP) is 1.11. The van der Waals surface area contributed by atoms with Crippen molar-refractivity contribution in [1.29, 1.82) is 0 Å². The summed E-state index contributed by atoms with van der Waals surface area (Å²) in [5, 5.41) is 19.0. The molecule has 0 aliphatic rings. The Kier molecular flexibility index (Phi) is 3.59. The third-order valence-corrected chi connectivity index (χ3v) is 2.62. The number of phenolic OH excluding ortho intramolecular Hbond substituents is 1. The SMILES string of the molecule is CSc1cccc(O)c1C(O)CN. The molecule has 0 bridgehead atoms. The molecule has 13 heavy (non-hydrogen) atoms. The molecule has 1 aromatic rings. The highest BCUT2D eigenvalue weighted by atomic mass is 32.2. The highest BCUT2D eigenvalue weighted by molar-refractivity contribution is 7.98. The Bertz CT molecular complexity index is 291. The summed E-state index contributed by atoms with van der Waals surface area (Å²) in [6.07, 6.45) is 1.10. The molecule has 0 spiro atoms. The van der Waals surface area contributed by atoms with Gasteiger partial charge in [-0.2, -0.15) is 0 Å². The average molecular weight is 199 g/mol. The highest BCUT2D eigenvalue weighted by Gasteiger charge is 2.14. The number of hydrogen-bond acceptors (Lipinski definition) is 4. The van der Waals surface area contributed by atoms with Crippen molar-refractivity contribution in [2.75, 3.05) is 12.8 Å². The van der Waals surface area contributed by atoms with Crippen molar-refractivity contribution in [3.63, 3.8) is 0 Å². The van der Waals surface area contributed by atoms with E-state index in [1.165, 1.54) is 11.8 Å². The fraction of sp³-hybridized carbons (Fsp3) is 0.333. The van der Waals surface area contributed by atoms with Gasteiger partial charge in [0, 0.05) is 17.0 Å². The summed E-state index contributed by atoms with van der Waals surface area (Å²) in [6.45, 7) is 0.116. The molecule has 0 fully saturated rings. The molecule has 0 aromatic heterocycles. The van der Waals surface area contributed by atoms with E-state index in [9.17, 15) is 10.2 Å². The van der Waals surface area contributed by atoms with E-state index in [-0.39, 0.29) is 12.3 Å². The molecule has 0 radical (unpaired) electrons. The van der Waals surface area contributed by atoms with Gasteiger partial charge in [0.2, 0.25) is 0 Å². The zero-order valence-corrected chi connectivity index (χ0v) is 8.21. The molecule has 0 aliphatic carbocycles. The van der Waals surface area contributed by atoms with Crippen LogP contribution in [0.4, 0.5) is 0 Å². The first-order chi connectivity index (χ1) is 6.20. The van der Waals surface area contributed by atoms with Gasteiger partial charge in [0.05, 0.1) is 6.10 Å². The second kappa shape index (κ2) is 4.50. The van der Waals surface area contributed by atoms with Crippen molar-refractivity contribution in [2.45, 2.75) is 11.0 Å². The Morgan fingerprint density at radius 3 is 2.77 bits per heavy atom. The van der Waals surface area contributed by atoms with Crippen molar-refractivity contribution in [3.05, 3.63) is 23.8 Å². The lowest BCUT2D eigenvalue weighted by atomic mass is 10.1. The maximum atomic E-state index is 9.52. The summed E-state index contributed by atoms with van der Waals surface area (Å²) in [7, 11) is 0. The van der Waals surface area contributed by atoms with Crippen molar-refractivity contribution in [1.82, 2.24) is 0 Å². The first-order valence-electron chi connectivity index (χ1n) is 3.94. The first kappa shape index (κ1) is 10.4. The molecular weight excluding hydrogens is 186 g/mol. The molecule has 0 saturated carbocycles. The molecule has 0 amide bonds. The summed E-state index contributed by atoms with van der Waals surface area (Å²) in [5.74, 6) is 0.102. The second-order valence-corrected chi connectivity index (χ2v) is 3.49. The number of aliphatic hydroxyl groups excluding tert-OH is 1. The van der Waals surface area contributed by atoms with Crippen LogP contribution in [-0.4, -0.2) is 23.0 Å². The third kappa shape index (κ3) is 2.15. The third-order valence-electron chi connectivity index (χ3n) is 1.82. The summed E-state index contributed by atoms with van der Waals surface area (Å²) in [4.78, 5) is 0.859. The van der Waals surface area contributed by atoms with Gasteiger partial charge in [-0.15, -0.1) is 11.8 Å². The van der Waals surface area contributed by atoms with Crippen molar-refractivity contribution in [2.24, 2.45) is 5.73 Å². The van der Waals surface area contributed by atoms with Crippen LogP contribution < -0.4 is 5.73 Å². The van der Waals surface area contributed by atoms with Crippen LogP contribution in [0, 0.1) is 0 Å². The van der Waals surface area contributed by atoms with Gasteiger partial charge >= 0.3 is 0 Å². The minimum absolute atomic E-state index is 0.102. The lowest BCUT2D eigenvalue weighted by Crippen LogP contribution is -2.12. The molecule has 1 unspecified atom stereocenters. The molecular formula is C9H13NO2S. The van der Waals surface area contributed by atoms with Gasteiger partial charge in [0.1, 0.15) is 5.75 Å². The van der Waals surface area contributed by atoms with E-state index in [0.717, 1.165) is 4.90 Å². The minimum Gasteiger partial charge on any atom is -0.508 e. The quantitative estimate of drug-likeness (QED) is 0.638. The van der Waals surface area contributed by atoms with Crippen LogP contribution >= 0.6 is 11.8 Å². The largest absolute Gasteiger partial charge is 0.508 e. The Balaban J connectivity index is 3.14. The van der Waals surface area contributed by atoms with Crippen LogP contribution in [0.2, 0.25) is 0 Å². The van der Waals surface area contributed by atoms with E-state index in [1.54, 1.807) is 12.1 Å². The van der Waals surface area contributed by atoms with Crippen molar-refractivity contribution < 1.29 is 10.2 Å². The molecule has 0 saturated heterocycles. The maximum absolute atomic E-state index is 9.52. The smallest absolute Gasteiger partial charge is 0.122 e. The molecule has 4 heteroatoms. The zero-order chi connectivity index (χ0) is 9.84. The van der Waals surface area contributed by atoms with Crippen LogP contribution in [-0.2, 0) is 0 Å². The van der Waals surface area contributed by atoms with E-state index in [0.29, 0.717) is 5.56 Å². The number of benzene rings is 1. The van der Waals surface area contributed by atoms with Gasteiger partial charge < -0.3 is 15.9 Å². The van der Waals surface area contributed by atoms with E-state index in [1.807, 2.05) is 12.3 Å². The fourth-order valence-electron chi connectivity index (χ4n) is 1.16. The molecule has 0 heterocycles. The number of nitrogens with two attached hydrogens (primary N) is 1. The van der Waals surface area contributed by atoms with Crippen molar-refractivity contribution >= 4 is 11.8 Å². The molecule has 0 aliphatic heterocycles. The minimum atomic E-state index is -0.788. The number of thioether (sulfide) groups is 1. The summed E-state index contributed by atoms with van der Waals surface area (Å²) < 4.78 is 0. The van der Waals surface area contributed by atoms with Crippen LogP contribution in [0.5, 0.6) is 5.75 Å². The standard InChI is InChI=1S/C9H13NO2S/c1-13-8-4-2-3-6(11)9(8)7(12)5-10/h2-4,7,11-12H,5,10H2,1H3. The van der Waals surface area contributed by atoms with Gasteiger partial charge in [-0.3, -0.25) is 0 Å². The van der Waals surface area contributed by atoms with Gasteiger partial charge in [0.15, 0.2) is 0 Å². The van der Waals surface area contributed by atoms with E-state index in [4.69, 9.17) is 5.73 Å². The Morgan fingerprint density at radius 2 is 2.23 bits per heavy atom. The van der Waals surface area contributed by atoms with Gasteiger partial charge in [0.25, 0.3) is 0 Å². The van der Waals surface area contributed by atoms with E-state index < -0.39 is 6.10 Å². The highest BCUT2D eigenvalue weighted by Crippen LogP contribution is 2.32. The van der Waals surface area contributed by atoms with Crippen LogP contribution in [0.1, 0.15) is 11.7 Å². The van der Waals surface area contributed by atoms with E-state index in [2.05, 4.69) is 0 Å². The molecule has 1 aromatic carbocycles. The summed E-state index contributed by atoms with van der Waals surface area (Å²) in [6, 6.07) is 5.14. The van der Waals surface area contributed by atoms with Crippen molar-refractivity contribution in [3.8, 4) is 5.75 Å². The monoisotopic (exact) mass is 199 g/mol. The lowest BCUT2D eigenvalue weighted by molar-refractivity contribution is 0.179. The number of phenols is 1. The van der Waals surface area contributed by atoms with Gasteiger partial charge in [-0.05, 0) is 18.4 Å². The van der Waals surface area contributed by atoms with Crippen LogP contribution in [0.3, 0.4) is 0 Å². The maximum Gasteiger partial charge on any atom is 0.122 e. The van der Waals surface area contributed by atoms with Gasteiger partial charge in [-0.1, -0.05) is 6.07 Å². The predicted molar refractivity (Wildman–Crippen MR) is 53.9 cm³/mol. The Labute approximate surface area is 81.6 Å².